The summed E-state index contributed by atoms with van der Waals surface area (Å²) in [5, 5.41) is 4.63. The minimum Gasteiger partial charge on any atom is -0.497 e. The van der Waals surface area contributed by atoms with Gasteiger partial charge in [0.25, 0.3) is 5.91 Å². The van der Waals surface area contributed by atoms with E-state index in [0.29, 0.717) is 34.2 Å². The number of thiazole rings is 1. The molecule has 0 fully saturated rings. The van der Waals surface area contributed by atoms with Crippen LogP contribution in [-0.4, -0.2) is 34.3 Å². The lowest BCUT2D eigenvalue weighted by molar-refractivity contribution is 0.0985. The van der Waals surface area contributed by atoms with Gasteiger partial charge in [0.2, 0.25) is 0 Å². The summed E-state index contributed by atoms with van der Waals surface area (Å²) in [5.74, 6) is 0.0555. The molecular formula is C20H17FN4O2S. The Morgan fingerprint density at radius 2 is 2.04 bits per heavy atom. The summed E-state index contributed by atoms with van der Waals surface area (Å²) in [4.78, 5) is 19.1. The number of fused-ring (bicyclic) bond motifs is 1. The van der Waals surface area contributed by atoms with Crippen molar-refractivity contribution >= 4 is 32.6 Å². The van der Waals surface area contributed by atoms with Gasteiger partial charge in [0.1, 0.15) is 17.1 Å². The van der Waals surface area contributed by atoms with Gasteiger partial charge >= 0.3 is 0 Å². The maximum absolute atomic E-state index is 14.1. The molecule has 6 nitrogen and oxygen atoms in total. The summed E-state index contributed by atoms with van der Waals surface area (Å²) >= 11 is 1.29. The Morgan fingerprint density at radius 3 is 2.71 bits per heavy atom. The van der Waals surface area contributed by atoms with E-state index in [1.165, 1.54) is 17.4 Å². The molecule has 142 valence electrons. The first kappa shape index (κ1) is 18.1. The Labute approximate surface area is 164 Å². The highest BCUT2D eigenvalue weighted by Crippen LogP contribution is 2.31. The number of aromatic nitrogens is 3. The molecular weight excluding hydrogens is 379 g/mol. The number of halogens is 1. The first-order valence-corrected chi connectivity index (χ1v) is 9.46. The van der Waals surface area contributed by atoms with Gasteiger partial charge in [-0.05, 0) is 42.5 Å². The molecule has 0 aliphatic rings. The zero-order valence-electron chi connectivity index (χ0n) is 15.1. The van der Waals surface area contributed by atoms with Gasteiger partial charge in [-0.2, -0.15) is 5.10 Å². The molecule has 4 aromatic rings. The minimum absolute atomic E-state index is 0.214. The molecule has 0 saturated heterocycles. The van der Waals surface area contributed by atoms with E-state index in [2.05, 4.69) is 10.1 Å². The molecule has 0 unspecified atom stereocenters. The molecule has 0 aliphatic carbocycles. The van der Waals surface area contributed by atoms with Crippen molar-refractivity contribution in [2.24, 2.45) is 0 Å². The molecule has 4 rings (SSSR count). The Morgan fingerprint density at radius 1 is 1.21 bits per heavy atom. The number of hydrogen-bond acceptors (Lipinski definition) is 5. The fourth-order valence-electron chi connectivity index (χ4n) is 2.83. The van der Waals surface area contributed by atoms with Crippen LogP contribution in [0.1, 0.15) is 10.4 Å². The lowest BCUT2D eigenvalue weighted by atomic mass is 10.2. The molecule has 8 heteroatoms. The zero-order valence-corrected chi connectivity index (χ0v) is 15.9. The Balaban J connectivity index is 1.69. The quantitative estimate of drug-likeness (QED) is 0.495. The number of benzene rings is 2. The number of methoxy groups -OCH3 is 1. The van der Waals surface area contributed by atoms with Gasteiger partial charge in [-0.25, -0.2) is 9.37 Å². The van der Waals surface area contributed by atoms with Crippen LogP contribution in [0.25, 0.3) is 10.2 Å². The topological polar surface area (TPSA) is 60.2 Å². The highest BCUT2D eigenvalue weighted by molar-refractivity contribution is 7.22. The average Bonchev–Trinajstić information content (AvgIpc) is 3.39. The Bertz CT molecular complexity index is 1090. The first-order chi connectivity index (χ1) is 13.7. The van der Waals surface area contributed by atoms with Gasteiger partial charge in [-0.1, -0.05) is 17.4 Å². The third-order valence-electron chi connectivity index (χ3n) is 4.28. The molecule has 2 heterocycles. The fraction of sp³-hybridized carbons (Fsp3) is 0.150. The van der Waals surface area contributed by atoms with E-state index in [1.54, 1.807) is 59.3 Å². The van der Waals surface area contributed by atoms with E-state index in [-0.39, 0.29) is 11.4 Å². The molecule has 0 N–H and O–H groups in total. The molecule has 0 spiro atoms. The summed E-state index contributed by atoms with van der Waals surface area (Å²) in [6.45, 7) is 0.848. The van der Waals surface area contributed by atoms with E-state index in [9.17, 15) is 9.18 Å². The number of carbonyl (C=O) groups is 1. The lowest BCUT2D eigenvalue weighted by Gasteiger charge is -2.20. The Hall–Kier alpha value is -3.26. The van der Waals surface area contributed by atoms with Crippen LogP contribution in [0.15, 0.2) is 60.9 Å². The van der Waals surface area contributed by atoms with Gasteiger partial charge in [-0.3, -0.25) is 14.4 Å². The van der Waals surface area contributed by atoms with Crippen molar-refractivity contribution in [3.8, 4) is 5.75 Å². The minimum atomic E-state index is -0.399. The maximum Gasteiger partial charge on any atom is 0.260 e. The fourth-order valence-corrected chi connectivity index (χ4v) is 3.83. The van der Waals surface area contributed by atoms with Crippen LogP contribution in [0, 0.1) is 5.82 Å². The van der Waals surface area contributed by atoms with Crippen LogP contribution in [0.4, 0.5) is 9.52 Å². The van der Waals surface area contributed by atoms with Gasteiger partial charge in [0.05, 0.1) is 18.4 Å². The van der Waals surface area contributed by atoms with Crippen LogP contribution in [0.5, 0.6) is 5.75 Å². The number of rotatable bonds is 6. The van der Waals surface area contributed by atoms with Crippen LogP contribution in [0.3, 0.4) is 0 Å². The summed E-state index contributed by atoms with van der Waals surface area (Å²) in [6.07, 6.45) is 3.51. The standard InChI is InChI=1S/C20H17FN4O2S/c1-27-15-8-6-14(7-9-15)19(26)25(13-12-24-11-3-10-22-24)20-23-18-16(21)4-2-5-17(18)28-20/h2-11H,12-13H2,1H3. The molecule has 1 amide bonds. The number of carbonyl (C=O) groups excluding carboxylic acids is 1. The summed E-state index contributed by atoms with van der Waals surface area (Å²) in [5.41, 5.74) is 0.773. The van der Waals surface area contributed by atoms with Crippen LogP contribution in [-0.2, 0) is 6.54 Å². The largest absolute Gasteiger partial charge is 0.497 e. The van der Waals surface area contributed by atoms with Crippen LogP contribution >= 0.6 is 11.3 Å². The van der Waals surface area contributed by atoms with Crippen molar-refractivity contribution in [1.82, 2.24) is 14.8 Å². The number of amides is 1. The SMILES string of the molecule is COc1ccc(C(=O)N(CCn2cccn2)c2nc3c(F)cccc3s2)cc1. The smallest absolute Gasteiger partial charge is 0.260 e. The highest BCUT2D eigenvalue weighted by atomic mass is 32.1. The second-order valence-electron chi connectivity index (χ2n) is 6.04. The molecule has 0 radical (unpaired) electrons. The zero-order chi connectivity index (χ0) is 19.5. The normalized spacial score (nSPS) is 10.9. The van der Waals surface area contributed by atoms with Crippen molar-refractivity contribution in [2.75, 3.05) is 18.6 Å². The number of ether oxygens (including phenoxy) is 1. The molecule has 0 saturated carbocycles. The van der Waals surface area contributed by atoms with Gasteiger partial charge in [-0.15, -0.1) is 0 Å². The third-order valence-corrected chi connectivity index (χ3v) is 5.33. The monoisotopic (exact) mass is 396 g/mol. The predicted octanol–water partition coefficient (Wildman–Crippen LogP) is 3.99. The number of para-hydroxylation sites is 1. The molecule has 2 aromatic carbocycles. The van der Waals surface area contributed by atoms with Gasteiger partial charge in [0, 0.05) is 24.5 Å². The van der Waals surface area contributed by atoms with Gasteiger partial charge < -0.3 is 4.74 Å². The van der Waals surface area contributed by atoms with Crippen molar-refractivity contribution in [3.05, 3.63) is 72.3 Å². The van der Waals surface area contributed by atoms with Crippen molar-refractivity contribution in [3.63, 3.8) is 0 Å². The molecule has 0 aliphatic heterocycles. The van der Waals surface area contributed by atoms with Crippen LogP contribution < -0.4 is 9.64 Å². The van der Waals surface area contributed by atoms with Crippen molar-refractivity contribution < 1.29 is 13.9 Å². The summed E-state index contributed by atoms with van der Waals surface area (Å²) in [7, 11) is 1.57. The van der Waals surface area contributed by atoms with Crippen LogP contribution in [0.2, 0.25) is 0 Å². The van der Waals surface area contributed by atoms with E-state index in [1.807, 2.05) is 12.3 Å². The second kappa shape index (κ2) is 7.77. The molecule has 0 atom stereocenters. The highest BCUT2D eigenvalue weighted by Gasteiger charge is 2.22. The third kappa shape index (κ3) is 3.59. The number of hydrogen-bond donors (Lipinski definition) is 0. The van der Waals surface area contributed by atoms with Crippen molar-refractivity contribution in [2.45, 2.75) is 6.54 Å². The maximum atomic E-state index is 14.1. The molecule has 2 aromatic heterocycles. The average molecular weight is 396 g/mol. The molecule has 0 bridgehead atoms. The van der Waals surface area contributed by atoms with E-state index < -0.39 is 5.82 Å². The predicted molar refractivity (Wildman–Crippen MR) is 106 cm³/mol. The van der Waals surface area contributed by atoms with Gasteiger partial charge in [0.15, 0.2) is 5.13 Å². The van der Waals surface area contributed by atoms with E-state index in [4.69, 9.17) is 4.74 Å². The van der Waals surface area contributed by atoms with E-state index in [0.717, 1.165) is 0 Å². The van der Waals surface area contributed by atoms with Crippen molar-refractivity contribution in [1.29, 1.82) is 0 Å². The number of anilines is 1. The summed E-state index contributed by atoms with van der Waals surface area (Å²) < 4.78 is 21.7. The van der Waals surface area contributed by atoms with E-state index >= 15 is 0 Å². The lowest BCUT2D eigenvalue weighted by Crippen LogP contribution is -2.34. The Kier molecular flexibility index (Phi) is 5.03. The number of nitrogens with zero attached hydrogens (tertiary/aromatic N) is 4. The summed E-state index contributed by atoms with van der Waals surface area (Å²) in [6, 6.07) is 13.5. The second-order valence-corrected chi connectivity index (χ2v) is 7.05. The first-order valence-electron chi connectivity index (χ1n) is 8.64. The molecule has 28 heavy (non-hydrogen) atoms.